The van der Waals surface area contributed by atoms with Gasteiger partial charge in [-0.2, -0.15) is 0 Å². The second-order valence-electron chi connectivity index (χ2n) is 6.58. The number of nitrogens with one attached hydrogen (secondary N) is 1. The van der Waals surface area contributed by atoms with Gasteiger partial charge in [-0.15, -0.1) is 0 Å². The van der Waals surface area contributed by atoms with Crippen LogP contribution < -0.4 is 5.32 Å². The summed E-state index contributed by atoms with van der Waals surface area (Å²) in [5.74, 6) is 0.614. The minimum atomic E-state index is -0.977. The minimum Gasteiger partial charge on any atom is -0.477 e. The quantitative estimate of drug-likeness (QED) is 0.875. The molecule has 2 aliphatic rings. The lowest BCUT2D eigenvalue weighted by atomic mass is 10.0. The van der Waals surface area contributed by atoms with Crippen molar-refractivity contribution in [3.05, 3.63) is 23.9 Å². The molecule has 5 heteroatoms. The Balaban J connectivity index is 1.47. The third-order valence-corrected chi connectivity index (χ3v) is 4.90. The smallest absolute Gasteiger partial charge is 0.354 e. The molecular weight excluding hydrogens is 278 g/mol. The number of carboxylic acids is 1. The van der Waals surface area contributed by atoms with E-state index in [1.165, 1.54) is 38.3 Å². The van der Waals surface area contributed by atoms with E-state index in [9.17, 15) is 4.79 Å². The first-order chi connectivity index (χ1) is 10.7. The number of pyridine rings is 1. The number of rotatable bonds is 5. The highest BCUT2D eigenvalue weighted by atomic mass is 16.4. The van der Waals surface area contributed by atoms with Gasteiger partial charge in [-0.3, -0.25) is 0 Å². The molecule has 1 aromatic heterocycles. The first kappa shape index (κ1) is 15.3. The van der Waals surface area contributed by atoms with Crippen LogP contribution in [0.25, 0.3) is 0 Å². The highest BCUT2D eigenvalue weighted by Crippen LogP contribution is 2.26. The second kappa shape index (κ2) is 7.09. The molecule has 0 spiro atoms. The van der Waals surface area contributed by atoms with E-state index in [0.717, 1.165) is 31.8 Å². The van der Waals surface area contributed by atoms with E-state index in [1.807, 2.05) is 6.07 Å². The molecule has 3 rings (SSSR count). The lowest BCUT2D eigenvalue weighted by Crippen LogP contribution is -2.41. The monoisotopic (exact) mass is 303 g/mol. The van der Waals surface area contributed by atoms with Crippen molar-refractivity contribution in [1.82, 2.24) is 9.88 Å². The molecule has 2 fully saturated rings. The average Bonchev–Trinajstić information content (AvgIpc) is 3.02. The third-order valence-electron chi connectivity index (χ3n) is 4.90. The van der Waals surface area contributed by atoms with Crippen LogP contribution in [0.3, 0.4) is 0 Å². The van der Waals surface area contributed by atoms with Gasteiger partial charge < -0.3 is 15.3 Å². The molecule has 0 amide bonds. The van der Waals surface area contributed by atoms with E-state index < -0.39 is 5.97 Å². The van der Waals surface area contributed by atoms with E-state index in [-0.39, 0.29) is 5.69 Å². The van der Waals surface area contributed by atoms with Crippen molar-refractivity contribution in [2.75, 3.05) is 25.0 Å². The van der Waals surface area contributed by atoms with Crippen molar-refractivity contribution in [1.29, 1.82) is 0 Å². The van der Waals surface area contributed by atoms with Crippen LogP contribution in [0.15, 0.2) is 18.2 Å². The Morgan fingerprint density at radius 3 is 2.64 bits per heavy atom. The molecule has 1 aromatic rings. The first-order valence-electron chi connectivity index (χ1n) is 8.40. The SMILES string of the molecule is O=C(O)c1cccc(NC2CCN(CC3CCCC3)CC2)n1. The Bertz CT molecular complexity index is 506. The summed E-state index contributed by atoms with van der Waals surface area (Å²) in [5, 5.41) is 12.4. The van der Waals surface area contributed by atoms with Crippen LogP contribution in [0.4, 0.5) is 5.82 Å². The van der Waals surface area contributed by atoms with Gasteiger partial charge in [0.2, 0.25) is 0 Å². The summed E-state index contributed by atoms with van der Waals surface area (Å²) in [6.45, 7) is 3.53. The van der Waals surface area contributed by atoms with Crippen molar-refractivity contribution < 1.29 is 9.90 Å². The Hall–Kier alpha value is -1.62. The molecule has 1 saturated carbocycles. The van der Waals surface area contributed by atoms with Crippen LogP contribution in [0, 0.1) is 5.92 Å². The molecule has 0 bridgehead atoms. The van der Waals surface area contributed by atoms with E-state index in [1.54, 1.807) is 6.07 Å². The van der Waals surface area contributed by atoms with E-state index in [4.69, 9.17) is 5.11 Å². The summed E-state index contributed by atoms with van der Waals surface area (Å²) in [5.41, 5.74) is 0.101. The molecule has 1 saturated heterocycles. The number of likely N-dealkylation sites (tertiary alicyclic amines) is 1. The van der Waals surface area contributed by atoms with Gasteiger partial charge in [0.05, 0.1) is 0 Å². The maximum Gasteiger partial charge on any atom is 0.354 e. The average molecular weight is 303 g/mol. The van der Waals surface area contributed by atoms with Gasteiger partial charge in [-0.1, -0.05) is 18.9 Å². The van der Waals surface area contributed by atoms with Gasteiger partial charge in [-0.25, -0.2) is 9.78 Å². The van der Waals surface area contributed by atoms with Crippen LogP contribution >= 0.6 is 0 Å². The normalized spacial score (nSPS) is 21.1. The number of piperidine rings is 1. The summed E-state index contributed by atoms with van der Waals surface area (Å²) in [6.07, 6.45) is 7.84. The summed E-state index contributed by atoms with van der Waals surface area (Å²) < 4.78 is 0. The zero-order chi connectivity index (χ0) is 15.4. The molecule has 0 atom stereocenters. The molecule has 2 N–H and O–H groups in total. The van der Waals surface area contributed by atoms with Crippen molar-refractivity contribution in [3.63, 3.8) is 0 Å². The molecule has 0 unspecified atom stereocenters. The van der Waals surface area contributed by atoms with Gasteiger partial charge in [0, 0.05) is 25.7 Å². The molecule has 22 heavy (non-hydrogen) atoms. The highest BCUT2D eigenvalue weighted by molar-refractivity contribution is 5.85. The van der Waals surface area contributed by atoms with Crippen LogP contribution in [-0.2, 0) is 0 Å². The number of hydrogen-bond acceptors (Lipinski definition) is 4. The minimum absolute atomic E-state index is 0.101. The fourth-order valence-electron chi connectivity index (χ4n) is 3.66. The van der Waals surface area contributed by atoms with Crippen LogP contribution in [-0.4, -0.2) is 46.6 Å². The first-order valence-corrected chi connectivity index (χ1v) is 8.40. The summed E-state index contributed by atoms with van der Waals surface area (Å²) >= 11 is 0. The Labute approximate surface area is 131 Å². The van der Waals surface area contributed by atoms with Crippen molar-refractivity contribution >= 4 is 11.8 Å². The van der Waals surface area contributed by atoms with E-state index >= 15 is 0 Å². The van der Waals surface area contributed by atoms with Gasteiger partial charge >= 0.3 is 5.97 Å². The maximum absolute atomic E-state index is 11.0. The Kier molecular flexibility index (Phi) is 4.93. The summed E-state index contributed by atoms with van der Waals surface area (Å²) in [4.78, 5) is 17.7. The van der Waals surface area contributed by atoms with Gasteiger partial charge in [0.25, 0.3) is 0 Å². The van der Waals surface area contributed by atoms with Gasteiger partial charge in [-0.05, 0) is 43.7 Å². The number of aromatic carboxylic acids is 1. The molecule has 1 aliphatic carbocycles. The Morgan fingerprint density at radius 2 is 1.95 bits per heavy atom. The van der Waals surface area contributed by atoms with Crippen LogP contribution in [0.5, 0.6) is 0 Å². The molecular formula is C17H25N3O2. The zero-order valence-corrected chi connectivity index (χ0v) is 13.0. The lowest BCUT2D eigenvalue weighted by Gasteiger charge is -2.34. The lowest BCUT2D eigenvalue weighted by molar-refractivity contribution is 0.0690. The number of anilines is 1. The summed E-state index contributed by atoms with van der Waals surface area (Å²) in [7, 11) is 0. The van der Waals surface area contributed by atoms with E-state index in [2.05, 4.69) is 15.2 Å². The molecule has 1 aliphatic heterocycles. The Morgan fingerprint density at radius 1 is 1.23 bits per heavy atom. The number of nitrogens with zero attached hydrogens (tertiary/aromatic N) is 2. The van der Waals surface area contributed by atoms with E-state index in [0.29, 0.717) is 11.9 Å². The zero-order valence-electron chi connectivity index (χ0n) is 13.0. The predicted molar refractivity (Wildman–Crippen MR) is 86.2 cm³/mol. The fourth-order valence-corrected chi connectivity index (χ4v) is 3.66. The fraction of sp³-hybridized carbons (Fsp3) is 0.647. The van der Waals surface area contributed by atoms with Crippen molar-refractivity contribution in [2.45, 2.75) is 44.6 Å². The molecule has 120 valence electrons. The molecule has 0 aromatic carbocycles. The number of carboxylic acid groups (broad SMARTS) is 1. The van der Waals surface area contributed by atoms with Gasteiger partial charge in [0.1, 0.15) is 5.82 Å². The third kappa shape index (κ3) is 3.97. The van der Waals surface area contributed by atoms with Crippen molar-refractivity contribution in [3.8, 4) is 0 Å². The molecule has 0 radical (unpaired) electrons. The number of carbonyl (C=O) groups is 1. The molecule has 2 heterocycles. The topological polar surface area (TPSA) is 65.5 Å². The number of aromatic nitrogens is 1. The predicted octanol–water partition coefficient (Wildman–Crippen LogP) is 2.85. The highest BCUT2D eigenvalue weighted by Gasteiger charge is 2.23. The largest absolute Gasteiger partial charge is 0.477 e. The maximum atomic E-state index is 11.0. The van der Waals surface area contributed by atoms with Gasteiger partial charge in [0.15, 0.2) is 5.69 Å². The van der Waals surface area contributed by atoms with Crippen LogP contribution in [0.2, 0.25) is 0 Å². The second-order valence-corrected chi connectivity index (χ2v) is 6.58. The number of hydrogen-bond donors (Lipinski definition) is 2. The van der Waals surface area contributed by atoms with Crippen molar-refractivity contribution in [2.24, 2.45) is 5.92 Å². The summed E-state index contributed by atoms with van der Waals surface area (Å²) in [6, 6.07) is 5.51. The van der Waals surface area contributed by atoms with Crippen LogP contribution in [0.1, 0.15) is 49.0 Å². The standard InChI is InChI=1S/C17H25N3O2/c21-17(22)15-6-3-7-16(19-15)18-14-8-10-20(11-9-14)12-13-4-1-2-5-13/h3,6-7,13-14H,1-2,4-5,8-12H2,(H,18,19)(H,21,22). The molecule has 5 nitrogen and oxygen atoms in total.